The van der Waals surface area contributed by atoms with E-state index < -0.39 is 9.84 Å². The number of amides is 1. The number of fused-ring (bicyclic) bond motifs is 1. The van der Waals surface area contributed by atoms with E-state index >= 15 is 0 Å². The molecule has 1 aliphatic rings. The average Bonchev–Trinajstić information content (AvgIpc) is 3.17. The molecule has 158 valence electrons. The van der Waals surface area contributed by atoms with Gasteiger partial charge >= 0.3 is 0 Å². The molecule has 1 saturated heterocycles. The molecule has 1 fully saturated rings. The lowest BCUT2D eigenvalue weighted by molar-refractivity contribution is -0.115. The number of aromatic nitrogens is 1. The summed E-state index contributed by atoms with van der Waals surface area (Å²) in [5.74, 6) is -0.561. The predicted molar refractivity (Wildman–Crippen MR) is 119 cm³/mol. The summed E-state index contributed by atoms with van der Waals surface area (Å²) >= 11 is 1.57. The van der Waals surface area contributed by atoms with Crippen LogP contribution in [0.5, 0.6) is 0 Å². The highest BCUT2D eigenvalue weighted by atomic mass is 32.2. The van der Waals surface area contributed by atoms with E-state index in [0.717, 1.165) is 34.0 Å². The van der Waals surface area contributed by atoms with Crippen LogP contribution in [-0.2, 0) is 19.4 Å². The van der Waals surface area contributed by atoms with Crippen LogP contribution in [0.15, 0.2) is 47.4 Å². The van der Waals surface area contributed by atoms with E-state index in [1.54, 1.807) is 41.7 Å². The lowest BCUT2D eigenvalue weighted by atomic mass is 10.2. The molecule has 2 heterocycles. The van der Waals surface area contributed by atoms with Crippen LogP contribution in [0.1, 0.15) is 12.0 Å². The van der Waals surface area contributed by atoms with Crippen LogP contribution in [0.3, 0.4) is 0 Å². The number of hydrogen-bond acceptors (Lipinski definition) is 7. The second-order valence-corrected chi connectivity index (χ2v) is 10.3. The van der Waals surface area contributed by atoms with Crippen LogP contribution in [0.4, 0.5) is 10.8 Å². The van der Waals surface area contributed by atoms with Crippen LogP contribution < -0.4 is 10.2 Å². The fraction of sp³-hybridized carbons (Fsp3) is 0.333. The van der Waals surface area contributed by atoms with Gasteiger partial charge in [0.1, 0.15) is 0 Å². The number of ether oxygens (including phenoxy) is 1. The first-order valence-corrected chi connectivity index (χ1v) is 12.2. The Hall–Kier alpha value is -2.49. The second-order valence-electron chi connectivity index (χ2n) is 7.21. The molecule has 0 spiro atoms. The number of benzene rings is 2. The van der Waals surface area contributed by atoms with Gasteiger partial charge in [-0.1, -0.05) is 29.0 Å². The first-order valence-electron chi connectivity index (χ1n) is 9.73. The number of nitrogens with one attached hydrogen (secondary N) is 1. The molecule has 1 amide bonds. The van der Waals surface area contributed by atoms with E-state index in [0.29, 0.717) is 18.9 Å². The summed E-state index contributed by atoms with van der Waals surface area (Å²) in [4.78, 5) is 19.4. The summed E-state index contributed by atoms with van der Waals surface area (Å²) in [7, 11) is -3.49. The van der Waals surface area contributed by atoms with Crippen molar-refractivity contribution in [1.29, 1.82) is 0 Å². The molecule has 9 heteroatoms. The molecule has 0 radical (unpaired) electrons. The Morgan fingerprint density at radius 3 is 2.63 bits per heavy atom. The van der Waals surface area contributed by atoms with Gasteiger partial charge < -0.3 is 15.0 Å². The van der Waals surface area contributed by atoms with Crippen molar-refractivity contribution in [3.63, 3.8) is 0 Å². The third-order valence-corrected chi connectivity index (χ3v) is 7.73. The Morgan fingerprint density at radius 1 is 1.17 bits per heavy atom. The van der Waals surface area contributed by atoms with Gasteiger partial charge in [0.25, 0.3) is 0 Å². The van der Waals surface area contributed by atoms with E-state index in [2.05, 4.69) is 15.2 Å². The van der Waals surface area contributed by atoms with Crippen molar-refractivity contribution in [2.75, 3.05) is 42.3 Å². The summed E-state index contributed by atoms with van der Waals surface area (Å²) in [6.45, 7) is 4.93. The molecule has 7 nitrogen and oxygen atoms in total. The Bertz CT molecular complexity index is 1150. The number of morpholine rings is 1. The SMILES string of the molecule is Cc1ccc(S(=O)(=O)CCC(=O)Nc2ccc3nc(N4CCOCC4)sc3c2)cc1. The molecule has 1 N–H and O–H groups in total. The summed E-state index contributed by atoms with van der Waals surface area (Å²) in [6.07, 6.45) is -0.101. The van der Waals surface area contributed by atoms with Crippen LogP contribution in [0.25, 0.3) is 10.2 Å². The van der Waals surface area contributed by atoms with Crippen LogP contribution in [0.2, 0.25) is 0 Å². The zero-order valence-corrected chi connectivity index (χ0v) is 18.3. The van der Waals surface area contributed by atoms with E-state index in [1.165, 1.54) is 0 Å². The number of carbonyl (C=O) groups is 1. The quantitative estimate of drug-likeness (QED) is 0.627. The van der Waals surface area contributed by atoms with Gasteiger partial charge in [-0.3, -0.25) is 4.79 Å². The highest BCUT2D eigenvalue weighted by Crippen LogP contribution is 2.31. The number of rotatable bonds is 6. The lowest BCUT2D eigenvalue weighted by Gasteiger charge is -2.25. The van der Waals surface area contributed by atoms with E-state index in [-0.39, 0.29) is 23.0 Å². The van der Waals surface area contributed by atoms with Gasteiger partial charge in [0, 0.05) is 25.2 Å². The maximum absolute atomic E-state index is 12.4. The molecule has 0 saturated carbocycles. The zero-order valence-electron chi connectivity index (χ0n) is 16.6. The molecule has 0 unspecified atom stereocenters. The number of aryl methyl sites for hydroxylation is 1. The minimum atomic E-state index is -3.49. The van der Waals surface area contributed by atoms with Crippen molar-refractivity contribution in [2.45, 2.75) is 18.2 Å². The fourth-order valence-corrected chi connectivity index (χ4v) is 5.49. The van der Waals surface area contributed by atoms with Gasteiger partial charge in [0.2, 0.25) is 5.91 Å². The standard InChI is InChI=1S/C21H23N3O4S2/c1-15-2-5-17(6-3-15)30(26,27)13-8-20(25)22-16-4-7-18-19(14-16)29-21(23-18)24-9-11-28-12-10-24/h2-7,14H,8-13H2,1H3,(H,22,25). The van der Waals surface area contributed by atoms with Gasteiger partial charge in [0.05, 0.1) is 34.1 Å². The molecule has 1 aromatic heterocycles. The largest absolute Gasteiger partial charge is 0.378 e. The number of hydrogen-bond donors (Lipinski definition) is 1. The number of nitrogens with zero attached hydrogens (tertiary/aromatic N) is 2. The third kappa shape index (κ3) is 4.80. The van der Waals surface area contributed by atoms with E-state index in [4.69, 9.17) is 4.74 Å². The van der Waals surface area contributed by atoms with Crippen LogP contribution in [0, 0.1) is 6.92 Å². The third-order valence-electron chi connectivity index (χ3n) is 4.92. The Morgan fingerprint density at radius 2 is 1.90 bits per heavy atom. The van der Waals surface area contributed by atoms with Gasteiger partial charge in [-0.15, -0.1) is 0 Å². The van der Waals surface area contributed by atoms with Crippen molar-refractivity contribution >= 4 is 48.1 Å². The van der Waals surface area contributed by atoms with Gasteiger partial charge in [0.15, 0.2) is 15.0 Å². The number of sulfone groups is 1. The minimum Gasteiger partial charge on any atom is -0.378 e. The summed E-state index contributed by atoms with van der Waals surface area (Å²) in [6, 6.07) is 12.2. The van der Waals surface area contributed by atoms with Crippen molar-refractivity contribution in [3.8, 4) is 0 Å². The molecular formula is C21H23N3O4S2. The number of carbonyl (C=O) groups excluding carboxylic acids is 1. The Balaban J connectivity index is 1.39. The van der Waals surface area contributed by atoms with Crippen molar-refractivity contribution in [1.82, 2.24) is 4.98 Å². The van der Waals surface area contributed by atoms with Crippen molar-refractivity contribution in [2.24, 2.45) is 0 Å². The Labute approximate surface area is 179 Å². The van der Waals surface area contributed by atoms with E-state index in [9.17, 15) is 13.2 Å². The average molecular weight is 446 g/mol. The van der Waals surface area contributed by atoms with Crippen LogP contribution >= 0.6 is 11.3 Å². The fourth-order valence-electron chi connectivity index (χ4n) is 3.19. The monoisotopic (exact) mass is 445 g/mol. The minimum absolute atomic E-state index is 0.101. The molecule has 3 aromatic rings. The molecule has 30 heavy (non-hydrogen) atoms. The first-order chi connectivity index (χ1) is 14.4. The zero-order chi connectivity index (χ0) is 21.1. The van der Waals surface area contributed by atoms with Gasteiger partial charge in [-0.25, -0.2) is 13.4 Å². The smallest absolute Gasteiger partial charge is 0.225 e. The van der Waals surface area contributed by atoms with Crippen molar-refractivity contribution < 1.29 is 17.9 Å². The molecule has 0 bridgehead atoms. The predicted octanol–water partition coefficient (Wildman–Crippen LogP) is 3.24. The Kier molecular flexibility index (Phi) is 6.03. The molecule has 1 aliphatic heterocycles. The first kappa shape index (κ1) is 20.8. The van der Waals surface area contributed by atoms with Gasteiger partial charge in [-0.05, 0) is 37.3 Å². The maximum atomic E-state index is 12.4. The highest BCUT2D eigenvalue weighted by molar-refractivity contribution is 7.91. The second kappa shape index (κ2) is 8.71. The molecular weight excluding hydrogens is 422 g/mol. The van der Waals surface area contributed by atoms with Crippen molar-refractivity contribution in [3.05, 3.63) is 48.0 Å². The number of thiazole rings is 1. The normalized spacial score (nSPS) is 14.8. The van der Waals surface area contributed by atoms with E-state index in [1.807, 2.05) is 19.1 Å². The molecule has 2 aromatic carbocycles. The lowest BCUT2D eigenvalue weighted by Crippen LogP contribution is -2.36. The summed E-state index contributed by atoms with van der Waals surface area (Å²) in [5, 5.41) is 3.74. The van der Waals surface area contributed by atoms with Gasteiger partial charge in [-0.2, -0.15) is 0 Å². The molecule has 0 atom stereocenters. The molecule has 4 rings (SSSR count). The molecule has 0 aliphatic carbocycles. The highest BCUT2D eigenvalue weighted by Gasteiger charge is 2.18. The summed E-state index contributed by atoms with van der Waals surface area (Å²) < 4.78 is 31.2. The maximum Gasteiger partial charge on any atom is 0.225 e. The summed E-state index contributed by atoms with van der Waals surface area (Å²) in [5.41, 5.74) is 2.50. The number of anilines is 2. The topological polar surface area (TPSA) is 88.6 Å². The van der Waals surface area contributed by atoms with Crippen LogP contribution in [-0.4, -0.2) is 51.4 Å².